The summed E-state index contributed by atoms with van der Waals surface area (Å²) in [6.07, 6.45) is -0.817. The molecule has 0 fully saturated rings. The van der Waals surface area contributed by atoms with Gasteiger partial charge in [0.25, 0.3) is 0 Å². The number of hydrogen-bond acceptors (Lipinski definition) is 2. The van der Waals surface area contributed by atoms with Crippen molar-refractivity contribution in [2.45, 2.75) is 20.0 Å². The standard InChI is InChI=1S/C16H16BrClO2/c1-3-20-15-7-5-11(17)9-13(15)16(19)12-6-4-10(2)8-14(12)18/h4-9,16,19H,3H2,1-2H3. The molecule has 0 aliphatic heterocycles. The normalized spacial score (nSPS) is 12.2. The summed E-state index contributed by atoms with van der Waals surface area (Å²) in [6.45, 7) is 4.42. The van der Waals surface area contributed by atoms with Crippen molar-refractivity contribution < 1.29 is 9.84 Å². The predicted octanol–water partition coefficient (Wildman–Crippen LogP) is 4.89. The molecule has 2 rings (SSSR count). The highest BCUT2D eigenvalue weighted by Crippen LogP contribution is 2.35. The monoisotopic (exact) mass is 354 g/mol. The average molecular weight is 356 g/mol. The van der Waals surface area contributed by atoms with Crippen LogP contribution in [0.25, 0.3) is 0 Å². The summed E-state index contributed by atoms with van der Waals surface area (Å²) in [5.41, 5.74) is 2.44. The molecular weight excluding hydrogens is 340 g/mol. The van der Waals surface area contributed by atoms with Crippen molar-refractivity contribution in [3.05, 3.63) is 62.6 Å². The van der Waals surface area contributed by atoms with Crippen molar-refractivity contribution in [2.75, 3.05) is 6.61 Å². The largest absolute Gasteiger partial charge is 0.493 e. The number of aryl methyl sites for hydroxylation is 1. The van der Waals surface area contributed by atoms with Crippen LogP contribution < -0.4 is 4.74 Å². The Kier molecular flexibility index (Phi) is 5.08. The maximum absolute atomic E-state index is 10.6. The highest BCUT2D eigenvalue weighted by Gasteiger charge is 2.18. The van der Waals surface area contributed by atoms with E-state index in [-0.39, 0.29) is 0 Å². The van der Waals surface area contributed by atoms with Crippen LogP contribution in [0.15, 0.2) is 40.9 Å². The summed E-state index contributed by atoms with van der Waals surface area (Å²) in [5, 5.41) is 11.2. The molecule has 1 unspecified atom stereocenters. The second kappa shape index (κ2) is 6.61. The lowest BCUT2D eigenvalue weighted by Crippen LogP contribution is -2.05. The zero-order valence-electron chi connectivity index (χ0n) is 11.4. The second-order valence-corrected chi connectivity index (χ2v) is 5.87. The molecule has 0 aromatic heterocycles. The van der Waals surface area contributed by atoms with Crippen LogP contribution in [-0.4, -0.2) is 11.7 Å². The number of benzene rings is 2. The van der Waals surface area contributed by atoms with Gasteiger partial charge in [-0.1, -0.05) is 39.7 Å². The summed E-state index contributed by atoms with van der Waals surface area (Å²) in [4.78, 5) is 0. The Hall–Kier alpha value is -1.03. The molecule has 0 radical (unpaired) electrons. The smallest absolute Gasteiger partial charge is 0.125 e. The van der Waals surface area contributed by atoms with Crippen molar-refractivity contribution in [3.8, 4) is 5.75 Å². The third-order valence-corrected chi connectivity index (χ3v) is 3.84. The molecule has 0 bridgehead atoms. The molecule has 2 aromatic carbocycles. The Morgan fingerprint density at radius 2 is 1.95 bits per heavy atom. The fourth-order valence-corrected chi connectivity index (χ4v) is 2.76. The molecule has 0 spiro atoms. The van der Waals surface area contributed by atoms with Gasteiger partial charge in [-0.2, -0.15) is 0 Å². The summed E-state index contributed by atoms with van der Waals surface area (Å²) >= 11 is 9.65. The van der Waals surface area contributed by atoms with Crippen molar-refractivity contribution in [1.82, 2.24) is 0 Å². The van der Waals surface area contributed by atoms with E-state index in [1.807, 2.05) is 50.2 Å². The van der Waals surface area contributed by atoms with Gasteiger partial charge in [0.2, 0.25) is 0 Å². The molecule has 0 heterocycles. The van der Waals surface area contributed by atoms with Crippen molar-refractivity contribution in [2.24, 2.45) is 0 Å². The summed E-state index contributed by atoms with van der Waals surface area (Å²) < 4.78 is 6.46. The van der Waals surface area contributed by atoms with Gasteiger partial charge in [-0.05, 0) is 43.7 Å². The fraction of sp³-hybridized carbons (Fsp3) is 0.250. The van der Waals surface area contributed by atoms with Crippen LogP contribution >= 0.6 is 27.5 Å². The molecule has 4 heteroatoms. The summed E-state index contributed by atoms with van der Waals surface area (Å²) in [5.74, 6) is 0.667. The van der Waals surface area contributed by atoms with Gasteiger partial charge in [0.15, 0.2) is 0 Å². The highest BCUT2D eigenvalue weighted by molar-refractivity contribution is 9.10. The van der Waals surface area contributed by atoms with Gasteiger partial charge < -0.3 is 9.84 Å². The van der Waals surface area contributed by atoms with Crippen LogP contribution in [0.2, 0.25) is 5.02 Å². The van der Waals surface area contributed by atoms with E-state index >= 15 is 0 Å². The number of aliphatic hydroxyl groups is 1. The number of hydrogen-bond donors (Lipinski definition) is 1. The Balaban J connectivity index is 2.46. The van der Waals surface area contributed by atoms with Crippen molar-refractivity contribution in [1.29, 1.82) is 0 Å². The first-order valence-corrected chi connectivity index (χ1v) is 7.56. The zero-order valence-corrected chi connectivity index (χ0v) is 13.7. The van der Waals surface area contributed by atoms with E-state index in [9.17, 15) is 5.11 Å². The van der Waals surface area contributed by atoms with Gasteiger partial charge in [0.1, 0.15) is 11.9 Å². The number of rotatable bonds is 4. The first-order valence-electron chi connectivity index (χ1n) is 6.39. The average Bonchev–Trinajstić information content (AvgIpc) is 2.40. The molecule has 20 heavy (non-hydrogen) atoms. The number of aliphatic hydroxyl groups excluding tert-OH is 1. The third kappa shape index (κ3) is 3.35. The molecule has 2 aromatic rings. The predicted molar refractivity (Wildman–Crippen MR) is 85.6 cm³/mol. The van der Waals surface area contributed by atoms with Crippen LogP contribution in [0, 0.1) is 6.92 Å². The Labute approximate surface area is 132 Å². The Morgan fingerprint density at radius 1 is 1.20 bits per heavy atom. The van der Waals surface area contributed by atoms with E-state index < -0.39 is 6.10 Å². The van der Waals surface area contributed by atoms with Gasteiger partial charge >= 0.3 is 0 Å². The lowest BCUT2D eigenvalue weighted by Gasteiger charge is -2.18. The first kappa shape index (κ1) is 15.4. The van der Waals surface area contributed by atoms with Crippen LogP contribution in [0.1, 0.15) is 29.7 Å². The molecule has 0 aliphatic carbocycles. The Bertz CT molecular complexity index is 613. The molecule has 0 saturated heterocycles. The Morgan fingerprint density at radius 3 is 2.60 bits per heavy atom. The van der Waals surface area contributed by atoms with E-state index in [1.165, 1.54) is 0 Å². The van der Waals surface area contributed by atoms with E-state index in [4.69, 9.17) is 16.3 Å². The molecular formula is C16H16BrClO2. The molecule has 1 N–H and O–H groups in total. The van der Waals surface area contributed by atoms with E-state index in [1.54, 1.807) is 0 Å². The van der Waals surface area contributed by atoms with Gasteiger partial charge in [-0.3, -0.25) is 0 Å². The van der Waals surface area contributed by atoms with Crippen LogP contribution in [0.4, 0.5) is 0 Å². The maximum Gasteiger partial charge on any atom is 0.125 e. The summed E-state index contributed by atoms with van der Waals surface area (Å²) in [6, 6.07) is 11.2. The quantitative estimate of drug-likeness (QED) is 0.846. The van der Waals surface area contributed by atoms with Crippen LogP contribution in [0.3, 0.4) is 0 Å². The maximum atomic E-state index is 10.6. The topological polar surface area (TPSA) is 29.5 Å². The lowest BCUT2D eigenvalue weighted by molar-refractivity contribution is 0.212. The van der Waals surface area contributed by atoms with Crippen LogP contribution in [-0.2, 0) is 0 Å². The molecule has 0 saturated carbocycles. The fourth-order valence-electron chi connectivity index (χ4n) is 2.04. The molecule has 0 aliphatic rings. The summed E-state index contributed by atoms with van der Waals surface area (Å²) in [7, 11) is 0. The minimum atomic E-state index is -0.817. The van der Waals surface area contributed by atoms with Gasteiger partial charge in [-0.15, -0.1) is 0 Å². The van der Waals surface area contributed by atoms with E-state index in [0.29, 0.717) is 28.5 Å². The third-order valence-electron chi connectivity index (χ3n) is 3.02. The van der Waals surface area contributed by atoms with E-state index in [2.05, 4.69) is 15.9 Å². The minimum absolute atomic E-state index is 0.545. The number of halogens is 2. The lowest BCUT2D eigenvalue weighted by atomic mass is 9.99. The zero-order chi connectivity index (χ0) is 14.7. The number of ether oxygens (including phenoxy) is 1. The van der Waals surface area contributed by atoms with Crippen LogP contribution in [0.5, 0.6) is 5.75 Å². The van der Waals surface area contributed by atoms with E-state index in [0.717, 1.165) is 10.0 Å². The minimum Gasteiger partial charge on any atom is -0.493 e. The van der Waals surface area contributed by atoms with Crippen molar-refractivity contribution in [3.63, 3.8) is 0 Å². The van der Waals surface area contributed by atoms with Gasteiger partial charge in [0, 0.05) is 20.6 Å². The SMILES string of the molecule is CCOc1ccc(Br)cc1C(O)c1ccc(C)cc1Cl. The first-order chi connectivity index (χ1) is 9.52. The second-order valence-electron chi connectivity index (χ2n) is 4.54. The molecule has 2 nitrogen and oxygen atoms in total. The molecule has 0 amide bonds. The van der Waals surface area contributed by atoms with Gasteiger partial charge in [0.05, 0.1) is 6.61 Å². The van der Waals surface area contributed by atoms with Gasteiger partial charge in [-0.25, -0.2) is 0 Å². The molecule has 1 atom stereocenters. The molecule has 106 valence electrons. The van der Waals surface area contributed by atoms with Crippen molar-refractivity contribution >= 4 is 27.5 Å². The highest BCUT2D eigenvalue weighted by atomic mass is 79.9.